The van der Waals surface area contributed by atoms with E-state index in [1.54, 1.807) is 26.0 Å². The van der Waals surface area contributed by atoms with Gasteiger partial charge in [-0.1, -0.05) is 19.1 Å². The van der Waals surface area contributed by atoms with Crippen molar-refractivity contribution in [2.45, 2.75) is 20.8 Å². The highest BCUT2D eigenvalue weighted by molar-refractivity contribution is 6.06. The van der Waals surface area contributed by atoms with E-state index in [1.165, 1.54) is 0 Å². The fraction of sp³-hybridized carbons (Fsp3) is 0.467. The first-order chi connectivity index (χ1) is 9.34. The number of rotatable bonds is 4. The molecule has 1 aliphatic rings. The highest BCUT2D eigenvalue weighted by Gasteiger charge is 2.34. The number of carbonyl (C=O) groups is 2. The van der Waals surface area contributed by atoms with Crippen molar-refractivity contribution < 1.29 is 19.4 Å². The van der Waals surface area contributed by atoms with Crippen molar-refractivity contribution in [2.75, 3.05) is 19.8 Å². The maximum absolute atomic E-state index is 12.3. The fourth-order valence-corrected chi connectivity index (χ4v) is 2.31. The number of amides is 1. The lowest BCUT2D eigenvalue weighted by molar-refractivity contribution is -0.0978. The first-order valence-electron chi connectivity index (χ1n) is 6.53. The van der Waals surface area contributed by atoms with Gasteiger partial charge in [0.15, 0.2) is 0 Å². The number of hydrogen-bond donors (Lipinski definition) is 2. The lowest BCUT2D eigenvalue weighted by atomic mass is 9.88. The first kappa shape index (κ1) is 14.5. The smallest absolute Gasteiger partial charge is 0.336 e. The van der Waals surface area contributed by atoms with E-state index in [-0.39, 0.29) is 22.4 Å². The van der Waals surface area contributed by atoms with Crippen molar-refractivity contribution in [1.82, 2.24) is 5.32 Å². The van der Waals surface area contributed by atoms with Gasteiger partial charge in [-0.05, 0) is 25.0 Å². The van der Waals surface area contributed by atoms with Crippen molar-refractivity contribution >= 4 is 11.9 Å². The number of carboxylic acid groups (broad SMARTS) is 1. The van der Waals surface area contributed by atoms with Crippen LogP contribution in [-0.4, -0.2) is 36.7 Å². The Morgan fingerprint density at radius 2 is 1.80 bits per heavy atom. The number of carboxylic acids is 1. The van der Waals surface area contributed by atoms with Gasteiger partial charge in [0, 0.05) is 12.0 Å². The number of benzene rings is 1. The van der Waals surface area contributed by atoms with Crippen LogP contribution in [0.3, 0.4) is 0 Å². The average Bonchev–Trinajstić information content (AvgIpc) is 2.35. The fourth-order valence-electron chi connectivity index (χ4n) is 2.31. The molecule has 0 radical (unpaired) electrons. The van der Waals surface area contributed by atoms with E-state index in [1.807, 2.05) is 6.92 Å². The van der Waals surface area contributed by atoms with Crippen molar-refractivity contribution in [3.8, 4) is 0 Å². The van der Waals surface area contributed by atoms with Gasteiger partial charge in [0.1, 0.15) is 0 Å². The zero-order valence-corrected chi connectivity index (χ0v) is 11.9. The Hall–Kier alpha value is -1.88. The maximum Gasteiger partial charge on any atom is 0.336 e. The molecule has 1 aliphatic heterocycles. The van der Waals surface area contributed by atoms with Crippen LogP contribution in [0.2, 0.25) is 0 Å². The first-order valence-corrected chi connectivity index (χ1v) is 6.53. The van der Waals surface area contributed by atoms with E-state index in [9.17, 15) is 14.7 Å². The zero-order valence-electron chi connectivity index (χ0n) is 11.9. The van der Waals surface area contributed by atoms with Crippen LogP contribution in [0.5, 0.6) is 0 Å². The number of hydrogen-bond acceptors (Lipinski definition) is 3. The van der Waals surface area contributed by atoms with Gasteiger partial charge in [-0.3, -0.25) is 4.79 Å². The molecule has 1 fully saturated rings. The number of aryl methyl sites for hydroxylation is 2. The minimum atomic E-state index is -1.07. The molecule has 0 bridgehead atoms. The highest BCUT2D eigenvalue weighted by atomic mass is 16.5. The normalized spacial score (nSPS) is 16.4. The zero-order chi connectivity index (χ0) is 14.9. The minimum absolute atomic E-state index is 0.0449. The van der Waals surface area contributed by atoms with Crippen LogP contribution in [0, 0.1) is 19.3 Å². The second-order valence-electron chi connectivity index (χ2n) is 5.74. The summed E-state index contributed by atoms with van der Waals surface area (Å²) in [4.78, 5) is 23.7. The molecule has 108 valence electrons. The summed E-state index contributed by atoms with van der Waals surface area (Å²) in [6, 6.07) is 3.49. The molecule has 0 saturated carbocycles. The van der Waals surface area contributed by atoms with Crippen LogP contribution in [0.15, 0.2) is 12.1 Å². The second-order valence-corrected chi connectivity index (χ2v) is 5.74. The van der Waals surface area contributed by atoms with Gasteiger partial charge in [-0.15, -0.1) is 0 Å². The SMILES string of the molecule is Cc1ccc(C)c(C(=O)NCC2(C)COC2)c1C(=O)O. The van der Waals surface area contributed by atoms with Crippen LogP contribution >= 0.6 is 0 Å². The van der Waals surface area contributed by atoms with Crippen LogP contribution in [-0.2, 0) is 4.74 Å². The summed E-state index contributed by atoms with van der Waals surface area (Å²) in [5, 5.41) is 12.1. The third kappa shape index (κ3) is 2.67. The molecular weight excluding hydrogens is 258 g/mol. The molecule has 0 atom stereocenters. The molecule has 2 N–H and O–H groups in total. The Bertz CT molecular complexity index is 561. The molecule has 0 aromatic heterocycles. The number of carbonyl (C=O) groups excluding carboxylic acids is 1. The van der Waals surface area contributed by atoms with Crippen molar-refractivity contribution in [3.63, 3.8) is 0 Å². The van der Waals surface area contributed by atoms with Gasteiger partial charge >= 0.3 is 5.97 Å². The van der Waals surface area contributed by atoms with E-state index in [0.29, 0.717) is 30.9 Å². The van der Waals surface area contributed by atoms with Gasteiger partial charge in [-0.25, -0.2) is 4.79 Å². The summed E-state index contributed by atoms with van der Waals surface area (Å²) in [6.07, 6.45) is 0. The van der Waals surface area contributed by atoms with E-state index >= 15 is 0 Å². The molecule has 1 aromatic carbocycles. The molecule has 5 heteroatoms. The Kier molecular flexibility index (Phi) is 3.81. The van der Waals surface area contributed by atoms with Crippen LogP contribution < -0.4 is 5.32 Å². The van der Waals surface area contributed by atoms with Crippen molar-refractivity contribution in [3.05, 3.63) is 34.4 Å². The standard InChI is InChI=1S/C15H19NO4/c1-9-4-5-10(2)12(14(18)19)11(9)13(17)16-6-15(3)7-20-8-15/h4-5H,6-8H2,1-3H3,(H,16,17)(H,18,19). The number of aromatic carboxylic acids is 1. The molecule has 0 spiro atoms. The molecule has 1 amide bonds. The molecule has 5 nitrogen and oxygen atoms in total. The molecule has 1 aromatic rings. The Labute approximate surface area is 117 Å². The van der Waals surface area contributed by atoms with Gasteiger partial charge < -0.3 is 15.2 Å². The van der Waals surface area contributed by atoms with Crippen LogP contribution in [0.1, 0.15) is 38.8 Å². The van der Waals surface area contributed by atoms with E-state index in [2.05, 4.69) is 5.32 Å². The molecule has 1 saturated heterocycles. The summed E-state index contributed by atoms with van der Waals surface area (Å²) in [7, 11) is 0. The lowest BCUT2D eigenvalue weighted by Crippen LogP contribution is -2.48. The van der Waals surface area contributed by atoms with E-state index in [4.69, 9.17) is 4.74 Å². The third-order valence-electron chi connectivity index (χ3n) is 3.64. The predicted octanol–water partition coefficient (Wildman–Crippen LogP) is 1.77. The summed E-state index contributed by atoms with van der Waals surface area (Å²) in [5.74, 6) is -1.41. The average molecular weight is 277 g/mol. The molecular formula is C15H19NO4. The Morgan fingerprint density at radius 3 is 2.25 bits per heavy atom. The topological polar surface area (TPSA) is 75.6 Å². The van der Waals surface area contributed by atoms with Crippen LogP contribution in [0.25, 0.3) is 0 Å². The molecule has 1 heterocycles. The number of nitrogens with one attached hydrogen (secondary N) is 1. The van der Waals surface area contributed by atoms with Gasteiger partial charge in [0.25, 0.3) is 5.91 Å². The minimum Gasteiger partial charge on any atom is -0.478 e. The second kappa shape index (κ2) is 5.25. The summed E-state index contributed by atoms with van der Waals surface area (Å²) < 4.78 is 5.14. The van der Waals surface area contributed by atoms with Crippen molar-refractivity contribution in [1.29, 1.82) is 0 Å². The van der Waals surface area contributed by atoms with Crippen LogP contribution in [0.4, 0.5) is 0 Å². The largest absolute Gasteiger partial charge is 0.478 e. The van der Waals surface area contributed by atoms with Gasteiger partial charge in [-0.2, -0.15) is 0 Å². The third-order valence-corrected chi connectivity index (χ3v) is 3.64. The maximum atomic E-state index is 12.3. The summed E-state index contributed by atoms with van der Waals surface area (Å²) in [5.41, 5.74) is 1.54. The summed E-state index contributed by atoms with van der Waals surface area (Å²) >= 11 is 0. The molecule has 0 aliphatic carbocycles. The monoisotopic (exact) mass is 277 g/mol. The Morgan fingerprint density at radius 1 is 1.25 bits per heavy atom. The molecule has 0 unspecified atom stereocenters. The molecule has 2 rings (SSSR count). The van der Waals surface area contributed by atoms with Gasteiger partial charge in [0.05, 0.1) is 24.3 Å². The summed E-state index contributed by atoms with van der Waals surface area (Å²) in [6.45, 7) is 7.18. The van der Waals surface area contributed by atoms with E-state index in [0.717, 1.165) is 0 Å². The molecule has 20 heavy (non-hydrogen) atoms. The van der Waals surface area contributed by atoms with Gasteiger partial charge in [0.2, 0.25) is 0 Å². The number of ether oxygens (including phenoxy) is 1. The lowest BCUT2D eigenvalue weighted by Gasteiger charge is -2.38. The highest BCUT2D eigenvalue weighted by Crippen LogP contribution is 2.26. The Balaban J connectivity index is 2.24. The quantitative estimate of drug-likeness (QED) is 0.879. The predicted molar refractivity (Wildman–Crippen MR) is 74.1 cm³/mol. The van der Waals surface area contributed by atoms with E-state index < -0.39 is 5.97 Å². The van der Waals surface area contributed by atoms with Crippen molar-refractivity contribution in [2.24, 2.45) is 5.41 Å².